The maximum absolute atomic E-state index is 13.3. The first kappa shape index (κ1) is 14.5. The Morgan fingerprint density at radius 3 is 2.40 bits per heavy atom. The van der Waals surface area contributed by atoms with Gasteiger partial charge in [-0.3, -0.25) is 0 Å². The Labute approximate surface area is 117 Å². The van der Waals surface area contributed by atoms with Gasteiger partial charge < -0.3 is 10.1 Å². The smallest absolute Gasteiger partial charge is 0.124 e. The van der Waals surface area contributed by atoms with Gasteiger partial charge in [0, 0.05) is 12.1 Å². The number of halogens is 2. The van der Waals surface area contributed by atoms with Crippen molar-refractivity contribution in [2.75, 3.05) is 6.54 Å². The van der Waals surface area contributed by atoms with Crippen LogP contribution in [0.4, 0.5) is 8.78 Å². The zero-order valence-electron chi connectivity index (χ0n) is 11.3. The van der Waals surface area contributed by atoms with E-state index in [9.17, 15) is 8.78 Å². The van der Waals surface area contributed by atoms with Gasteiger partial charge in [0.25, 0.3) is 0 Å². The maximum Gasteiger partial charge on any atom is 0.124 e. The van der Waals surface area contributed by atoms with Gasteiger partial charge in [0.2, 0.25) is 0 Å². The molecular weight excluding hydrogens is 260 g/mol. The Bertz CT molecular complexity index is 555. The molecule has 0 bridgehead atoms. The molecule has 2 rings (SSSR count). The second-order valence-electron chi connectivity index (χ2n) is 4.45. The van der Waals surface area contributed by atoms with Crippen molar-refractivity contribution < 1.29 is 13.5 Å². The molecule has 106 valence electrons. The lowest BCUT2D eigenvalue weighted by Gasteiger charge is -2.12. The number of nitrogens with one attached hydrogen (secondary N) is 1. The standard InChI is InChI=1S/C16H17F2NO/c1-2-19-10-13-9-15(18)7-8-16(13)20-11-12-3-5-14(17)6-4-12/h3-9,19H,2,10-11H2,1H3. The fourth-order valence-corrected chi connectivity index (χ4v) is 1.83. The predicted molar refractivity (Wildman–Crippen MR) is 74.5 cm³/mol. The highest BCUT2D eigenvalue weighted by Crippen LogP contribution is 2.21. The van der Waals surface area contributed by atoms with E-state index in [0.29, 0.717) is 18.9 Å². The van der Waals surface area contributed by atoms with E-state index in [1.807, 2.05) is 6.92 Å². The van der Waals surface area contributed by atoms with Gasteiger partial charge in [-0.15, -0.1) is 0 Å². The molecule has 0 atom stereocenters. The minimum absolute atomic E-state index is 0.275. The summed E-state index contributed by atoms with van der Waals surface area (Å²) in [7, 11) is 0. The van der Waals surface area contributed by atoms with Crippen molar-refractivity contribution in [1.29, 1.82) is 0 Å². The molecule has 0 saturated heterocycles. The monoisotopic (exact) mass is 277 g/mol. The fourth-order valence-electron chi connectivity index (χ4n) is 1.83. The summed E-state index contributed by atoms with van der Waals surface area (Å²) in [6.45, 7) is 3.66. The summed E-state index contributed by atoms with van der Waals surface area (Å²) in [5.41, 5.74) is 1.64. The van der Waals surface area contributed by atoms with E-state index in [4.69, 9.17) is 4.74 Å². The number of benzene rings is 2. The summed E-state index contributed by atoms with van der Waals surface area (Å²) in [4.78, 5) is 0. The van der Waals surface area contributed by atoms with Gasteiger partial charge in [0.15, 0.2) is 0 Å². The third kappa shape index (κ3) is 4.03. The van der Waals surface area contributed by atoms with E-state index in [0.717, 1.165) is 17.7 Å². The quantitative estimate of drug-likeness (QED) is 0.870. The van der Waals surface area contributed by atoms with Crippen molar-refractivity contribution in [3.8, 4) is 5.75 Å². The summed E-state index contributed by atoms with van der Waals surface area (Å²) >= 11 is 0. The van der Waals surface area contributed by atoms with Crippen molar-refractivity contribution in [3.05, 3.63) is 65.2 Å². The molecule has 1 N–H and O–H groups in total. The van der Waals surface area contributed by atoms with Crippen molar-refractivity contribution in [3.63, 3.8) is 0 Å². The molecule has 2 aromatic rings. The van der Waals surface area contributed by atoms with Gasteiger partial charge in [-0.1, -0.05) is 19.1 Å². The van der Waals surface area contributed by atoms with Gasteiger partial charge >= 0.3 is 0 Å². The second kappa shape index (κ2) is 7.01. The highest BCUT2D eigenvalue weighted by atomic mass is 19.1. The molecule has 20 heavy (non-hydrogen) atoms. The highest BCUT2D eigenvalue weighted by molar-refractivity contribution is 5.34. The van der Waals surface area contributed by atoms with Gasteiger partial charge in [-0.05, 0) is 42.4 Å². The molecule has 0 spiro atoms. The van der Waals surface area contributed by atoms with Crippen LogP contribution in [0, 0.1) is 11.6 Å². The van der Waals surface area contributed by atoms with E-state index in [1.54, 1.807) is 18.2 Å². The molecule has 0 aromatic heterocycles. The SMILES string of the molecule is CCNCc1cc(F)ccc1OCc1ccc(F)cc1. The first-order chi connectivity index (χ1) is 9.69. The Kier molecular flexibility index (Phi) is 5.07. The zero-order valence-corrected chi connectivity index (χ0v) is 11.3. The van der Waals surface area contributed by atoms with Crippen molar-refractivity contribution >= 4 is 0 Å². The van der Waals surface area contributed by atoms with Crippen molar-refractivity contribution in [1.82, 2.24) is 5.32 Å². The Morgan fingerprint density at radius 1 is 1.00 bits per heavy atom. The third-order valence-corrected chi connectivity index (χ3v) is 2.90. The van der Waals surface area contributed by atoms with Crippen LogP contribution >= 0.6 is 0 Å². The summed E-state index contributed by atoms with van der Waals surface area (Å²) < 4.78 is 31.8. The third-order valence-electron chi connectivity index (χ3n) is 2.90. The van der Waals surface area contributed by atoms with E-state index in [2.05, 4.69) is 5.32 Å². The van der Waals surface area contributed by atoms with Gasteiger partial charge in [0.1, 0.15) is 24.0 Å². The fraction of sp³-hybridized carbons (Fsp3) is 0.250. The molecule has 0 aliphatic carbocycles. The van der Waals surface area contributed by atoms with E-state index < -0.39 is 0 Å². The highest BCUT2D eigenvalue weighted by Gasteiger charge is 2.05. The van der Waals surface area contributed by atoms with Gasteiger partial charge in [-0.2, -0.15) is 0 Å². The molecule has 2 nitrogen and oxygen atoms in total. The molecule has 0 amide bonds. The summed E-state index contributed by atoms with van der Waals surface area (Å²) in [5.74, 6) is 0.0760. The Hall–Kier alpha value is -1.94. The Balaban J connectivity index is 2.06. The summed E-state index contributed by atoms with van der Waals surface area (Å²) in [6.07, 6.45) is 0. The van der Waals surface area contributed by atoms with Crippen molar-refractivity contribution in [2.45, 2.75) is 20.1 Å². The van der Waals surface area contributed by atoms with Gasteiger partial charge in [0.05, 0.1) is 0 Å². The minimum Gasteiger partial charge on any atom is -0.489 e. The van der Waals surface area contributed by atoms with E-state index in [-0.39, 0.29) is 11.6 Å². The lowest BCUT2D eigenvalue weighted by molar-refractivity contribution is 0.301. The number of hydrogen-bond donors (Lipinski definition) is 1. The molecular formula is C16H17F2NO. The first-order valence-electron chi connectivity index (χ1n) is 6.55. The number of rotatable bonds is 6. The van der Waals surface area contributed by atoms with Crippen LogP contribution < -0.4 is 10.1 Å². The van der Waals surface area contributed by atoms with Crippen LogP contribution in [0.25, 0.3) is 0 Å². The lowest BCUT2D eigenvalue weighted by Crippen LogP contribution is -2.13. The molecule has 0 radical (unpaired) electrons. The van der Waals surface area contributed by atoms with Crippen LogP contribution in [-0.4, -0.2) is 6.54 Å². The average molecular weight is 277 g/mol. The Morgan fingerprint density at radius 2 is 1.70 bits per heavy atom. The maximum atomic E-state index is 13.3. The largest absolute Gasteiger partial charge is 0.489 e. The molecule has 0 saturated carbocycles. The average Bonchev–Trinajstić information content (AvgIpc) is 2.46. The molecule has 0 aliphatic rings. The van der Waals surface area contributed by atoms with Crippen LogP contribution in [0.15, 0.2) is 42.5 Å². The van der Waals surface area contributed by atoms with Crippen LogP contribution in [0.5, 0.6) is 5.75 Å². The molecule has 0 aliphatic heterocycles. The lowest BCUT2D eigenvalue weighted by atomic mass is 10.2. The molecule has 2 aromatic carbocycles. The van der Waals surface area contributed by atoms with Crippen LogP contribution in [-0.2, 0) is 13.2 Å². The number of ether oxygens (including phenoxy) is 1. The second-order valence-corrected chi connectivity index (χ2v) is 4.45. The number of hydrogen-bond acceptors (Lipinski definition) is 2. The first-order valence-corrected chi connectivity index (χ1v) is 6.55. The molecule has 4 heteroatoms. The summed E-state index contributed by atoms with van der Waals surface area (Å²) in [6, 6.07) is 10.6. The molecule has 0 fully saturated rings. The van der Waals surface area contributed by atoms with Crippen LogP contribution in [0.2, 0.25) is 0 Å². The molecule has 0 heterocycles. The topological polar surface area (TPSA) is 21.3 Å². The normalized spacial score (nSPS) is 10.6. The summed E-state index contributed by atoms with van der Waals surface area (Å²) in [5, 5.41) is 3.14. The zero-order chi connectivity index (χ0) is 14.4. The molecule has 0 unspecified atom stereocenters. The van der Waals surface area contributed by atoms with Crippen LogP contribution in [0.3, 0.4) is 0 Å². The van der Waals surface area contributed by atoms with Gasteiger partial charge in [-0.25, -0.2) is 8.78 Å². The predicted octanol–water partition coefficient (Wildman–Crippen LogP) is 3.65. The minimum atomic E-state index is -0.285. The van der Waals surface area contributed by atoms with Crippen molar-refractivity contribution in [2.24, 2.45) is 0 Å². The van der Waals surface area contributed by atoms with E-state index in [1.165, 1.54) is 24.3 Å². The van der Waals surface area contributed by atoms with E-state index >= 15 is 0 Å². The van der Waals surface area contributed by atoms with Crippen LogP contribution in [0.1, 0.15) is 18.1 Å².